The van der Waals surface area contributed by atoms with E-state index in [0.29, 0.717) is 15.5 Å². The highest BCUT2D eigenvalue weighted by Gasteiger charge is 2.11. The number of para-hydroxylation sites is 2. The van der Waals surface area contributed by atoms with Crippen molar-refractivity contribution in [1.82, 2.24) is 15.0 Å². The molecule has 0 radical (unpaired) electrons. The fourth-order valence-electron chi connectivity index (χ4n) is 1.61. The molecule has 20 heavy (non-hydrogen) atoms. The number of carbonyl (C=O) groups is 1. The van der Waals surface area contributed by atoms with E-state index in [4.69, 9.17) is 5.26 Å². The highest BCUT2D eigenvalue weighted by atomic mass is 32.1. The van der Waals surface area contributed by atoms with Gasteiger partial charge >= 0.3 is 0 Å². The third kappa shape index (κ3) is 2.32. The molecule has 1 aromatic carbocycles. The molecule has 0 saturated carbocycles. The molecule has 2 aromatic heterocycles. The molecule has 0 unspecified atom stereocenters. The molecule has 2 heterocycles. The molecule has 1 amide bonds. The Bertz CT molecular complexity index is 836. The first kappa shape index (κ1) is 12.2. The number of hydrogen-bond donors (Lipinski definition) is 1. The van der Waals surface area contributed by atoms with Gasteiger partial charge in [0, 0.05) is 0 Å². The molecular formula is C13H7N5OS. The van der Waals surface area contributed by atoms with Crippen LogP contribution in [0, 0.1) is 11.3 Å². The normalized spacial score (nSPS) is 10.2. The number of thiazole rings is 1. The zero-order valence-corrected chi connectivity index (χ0v) is 10.9. The van der Waals surface area contributed by atoms with Crippen LogP contribution in [-0.2, 0) is 0 Å². The maximum absolute atomic E-state index is 12.0. The van der Waals surface area contributed by atoms with Crippen molar-refractivity contribution in [2.75, 3.05) is 5.32 Å². The lowest BCUT2D eigenvalue weighted by atomic mass is 10.3. The standard InChI is InChI=1S/C13H7N5OS/c14-5-8-6-16-13(20-8)18-12(19)11-7-15-9-3-1-2-4-10(9)17-11/h1-4,6-7H,(H,16,18,19). The monoisotopic (exact) mass is 281 g/mol. The number of nitriles is 1. The molecule has 96 valence electrons. The van der Waals surface area contributed by atoms with Crippen LogP contribution in [0.5, 0.6) is 0 Å². The van der Waals surface area contributed by atoms with Gasteiger partial charge < -0.3 is 0 Å². The van der Waals surface area contributed by atoms with E-state index in [2.05, 4.69) is 20.3 Å². The number of amides is 1. The summed E-state index contributed by atoms with van der Waals surface area (Å²) in [5.41, 5.74) is 1.58. The minimum atomic E-state index is -0.401. The molecule has 0 bridgehead atoms. The number of carbonyl (C=O) groups excluding carboxylic acids is 1. The first-order valence-electron chi connectivity index (χ1n) is 5.65. The fourth-order valence-corrected chi connectivity index (χ4v) is 2.22. The number of fused-ring (bicyclic) bond motifs is 1. The van der Waals surface area contributed by atoms with Gasteiger partial charge in [0.15, 0.2) is 5.13 Å². The summed E-state index contributed by atoms with van der Waals surface area (Å²) in [7, 11) is 0. The summed E-state index contributed by atoms with van der Waals surface area (Å²) >= 11 is 1.11. The summed E-state index contributed by atoms with van der Waals surface area (Å²) in [5, 5.41) is 11.7. The van der Waals surface area contributed by atoms with Gasteiger partial charge in [-0.1, -0.05) is 23.5 Å². The van der Waals surface area contributed by atoms with Crippen molar-refractivity contribution < 1.29 is 4.79 Å². The van der Waals surface area contributed by atoms with Gasteiger partial charge in [0.05, 0.1) is 23.4 Å². The number of anilines is 1. The van der Waals surface area contributed by atoms with E-state index in [1.165, 1.54) is 12.4 Å². The van der Waals surface area contributed by atoms with Crippen LogP contribution in [0.25, 0.3) is 11.0 Å². The molecule has 0 spiro atoms. The second kappa shape index (κ2) is 5.03. The summed E-state index contributed by atoms with van der Waals surface area (Å²) in [6.45, 7) is 0. The van der Waals surface area contributed by atoms with Gasteiger partial charge in [-0.2, -0.15) is 5.26 Å². The quantitative estimate of drug-likeness (QED) is 0.777. The predicted molar refractivity (Wildman–Crippen MR) is 74.3 cm³/mol. The Morgan fingerprint density at radius 1 is 1.20 bits per heavy atom. The number of aromatic nitrogens is 3. The first-order valence-corrected chi connectivity index (χ1v) is 6.47. The molecule has 7 heteroatoms. The number of hydrogen-bond acceptors (Lipinski definition) is 6. The summed E-state index contributed by atoms with van der Waals surface area (Å²) in [5.74, 6) is -0.401. The van der Waals surface area contributed by atoms with E-state index in [1.54, 1.807) is 6.07 Å². The maximum Gasteiger partial charge on any atom is 0.277 e. The average molecular weight is 281 g/mol. The van der Waals surface area contributed by atoms with Gasteiger partial charge in [-0.25, -0.2) is 9.97 Å². The number of benzene rings is 1. The Labute approximate surface area is 117 Å². The molecule has 6 nitrogen and oxygen atoms in total. The van der Waals surface area contributed by atoms with Crippen LogP contribution >= 0.6 is 11.3 Å². The Balaban J connectivity index is 1.86. The van der Waals surface area contributed by atoms with Crippen molar-refractivity contribution in [3.8, 4) is 6.07 Å². The van der Waals surface area contributed by atoms with Crippen LogP contribution in [0.2, 0.25) is 0 Å². The van der Waals surface area contributed by atoms with Crippen LogP contribution < -0.4 is 5.32 Å². The molecule has 3 rings (SSSR count). The molecule has 0 aliphatic rings. The van der Waals surface area contributed by atoms with E-state index in [1.807, 2.05) is 24.3 Å². The van der Waals surface area contributed by atoms with Crippen LogP contribution in [0.4, 0.5) is 5.13 Å². The van der Waals surface area contributed by atoms with E-state index in [-0.39, 0.29) is 5.69 Å². The number of rotatable bonds is 2. The zero-order chi connectivity index (χ0) is 13.9. The SMILES string of the molecule is N#Cc1cnc(NC(=O)c2cnc3ccccc3n2)s1. The summed E-state index contributed by atoms with van der Waals surface area (Å²) in [6.07, 6.45) is 2.82. The Hall–Kier alpha value is -2.85. The second-order valence-corrected chi connectivity index (χ2v) is 4.87. The van der Waals surface area contributed by atoms with Crippen LogP contribution in [0.1, 0.15) is 15.4 Å². The van der Waals surface area contributed by atoms with Crippen molar-refractivity contribution in [1.29, 1.82) is 5.26 Å². The van der Waals surface area contributed by atoms with Gasteiger partial charge in [-0.3, -0.25) is 15.1 Å². The number of nitrogens with zero attached hydrogens (tertiary/aromatic N) is 4. The fraction of sp³-hybridized carbons (Fsp3) is 0. The Morgan fingerprint density at radius 2 is 2.00 bits per heavy atom. The van der Waals surface area contributed by atoms with Gasteiger partial charge in [0.25, 0.3) is 5.91 Å². The molecule has 0 aliphatic heterocycles. The third-order valence-electron chi connectivity index (χ3n) is 2.52. The van der Waals surface area contributed by atoms with Gasteiger partial charge in [-0.15, -0.1) is 0 Å². The lowest BCUT2D eigenvalue weighted by molar-refractivity contribution is 0.102. The van der Waals surface area contributed by atoms with Crippen molar-refractivity contribution in [2.24, 2.45) is 0 Å². The van der Waals surface area contributed by atoms with Gasteiger partial charge in [-0.05, 0) is 12.1 Å². The molecule has 1 N–H and O–H groups in total. The minimum Gasteiger partial charge on any atom is -0.296 e. The van der Waals surface area contributed by atoms with E-state index in [0.717, 1.165) is 16.9 Å². The molecule has 0 aliphatic carbocycles. The molecule has 0 atom stereocenters. The minimum absolute atomic E-state index is 0.206. The highest BCUT2D eigenvalue weighted by Crippen LogP contribution is 2.17. The zero-order valence-electron chi connectivity index (χ0n) is 10.1. The average Bonchev–Trinajstić information content (AvgIpc) is 2.94. The summed E-state index contributed by atoms with van der Waals surface area (Å²) < 4.78 is 0. The lowest BCUT2D eigenvalue weighted by Gasteiger charge is -2.02. The second-order valence-electron chi connectivity index (χ2n) is 3.84. The molecular weight excluding hydrogens is 274 g/mol. The maximum atomic E-state index is 12.0. The molecule has 0 fully saturated rings. The smallest absolute Gasteiger partial charge is 0.277 e. The summed E-state index contributed by atoms with van der Waals surface area (Å²) in [6, 6.07) is 9.26. The van der Waals surface area contributed by atoms with Gasteiger partial charge in [0.2, 0.25) is 0 Å². The van der Waals surface area contributed by atoms with E-state index >= 15 is 0 Å². The Morgan fingerprint density at radius 3 is 2.75 bits per heavy atom. The van der Waals surface area contributed by atoms with Crippen molar-refractivity contribution in [3.63, 3.8) is 0 Å². The van der Waals surface area contributed by atoms with Crippen LogP contribution in [0.15, 0.2) is 36.7 Å². The lowest BCUT2D eigenvalue weighted by Crippen LogP contribution is -2.13. The topological polar surface area (TPSA) is 91.6 Å². The third-order valence-corrected chi connectivity index (χ3v) is 3.33. The highest BCUT2D eigenvalue weighted by molar-refractivity contribution is 7.16. The van der Waals surface area contributed by atoms with Gasteiger partial charge in [0.1, 0.15) is 16.6 Å². The van der Waals surface area contributed by atoms with E-state index in [9.17, 15) is 4.79 Å². The van der Waals surface area contributed by atoms with Crippen molar-refractivity contribution in [3.05, 3.63) is 47.2 Å². The first-order chi connectivity index (χ1) is 9.76. The summed E-state index contributed by atoms with van der Waals surface area (Å²) in [4.78, 5) is 24.8. The predicted octanol–water partition coefficient (Wildman–Crippen LogP) is 2.21. The molecule has 0 saturated heterocycles. The van der Waals surface area contributed by atoms with Crippen LogP contribution in [0.3, 0.4) is 0 Å². The van der Waals surface area contributed by atoms with Crippen LogP contribution in [-0.4, -0.2) is 20.9 Å². The largest absolute Gasteiger partial charge is 0.296 e. The Kier molecular flexibility index (Phi) is 3.07. The van der Waals surface area contributed by atoms with Crippen molar-refractivity contribution >= 4 is 33.4 Å². The molecule has 3 aromatic rings. The van der Waals surface area contributed by atoms with Crippen molar-refractivity contribution in [2.45, 2.75) is 0 Å². The number of nitrogens with one attached hydrogen (secondary N) is 1. The van der Waals surface area contributed by atoms with E-state index < -0.39 is 5.91 Å².